The summed E-state index contributed by atoms with van der Waals surface area (Å²) in [6.45, 7) is 5.23. The van der Waals surface area contributed by atoms with Crippen molar-refractivity contribution in [2.24, 2.45) is 11.7 Å². The van der Waals surface area contributed by atoms with Crippen LogP contribution in [0.1, 0.15) is 37.4 Å². The van der Waals surface area contributed by atoms with E-state index in [-0.39, 0.29) is 18.4 Å². The fourth-order valence-electron chi connectivity index (χ4n) is 2.08. The van der Waals surface area contributed by atoms with Crippen LogP contribution in [-0.2, 0) is 6.42 Å². The normalized spacial score (nSPS) is 15.2. The maximum atomic E-state index is 6.15. The molecule has 0 radical (unpaired) electrons. The Morgan fingerprint density at radius 1 is 1.38 bits per heavy atom. The Balaban J connectivity index is 0.00000128. The molecule has 1 aliphatic heterocycles. The highest BCUT2D eigenvalue weighted by Crippen LogP contribution is 2.29. The first-order valence-corrected chi connectivity index (χ1v) is 5.68. The number of halogens is 1. The quantitative estimate of drug-likeness (QED) is 0.883. The van der Waals surface area contributed by atoms with Crippen LogP contribution in [0.3, 0.4) is 0 Å². The number of nitrogens with two attached hydrogens (primary N) is 1. The largest absolute Gasteiger partial charge is 0.493 e. The molecule has 0 aliphatic carbocycles. The minimum atomic E-state index is 0. The zero-order valence-corrected chi connectivity index (χ0v) is 10.7. The molecule has 1 aromatic rings. The van der Waals surface area contributed by atoms with Crippen LogP contribution in [-0.4, -0.2) is 6.61 Å². The molecule has 0 saturated carbocycles. The van der Waals surface area contributed by atoms with Gasteiger partial charge in [0.1, 0.15) is 5.75 Å². The minimum Gasteiger partial charge on any atom is -0.493 e. The third kappa shape index (κ3) is 2.89. The first-order valence-electron chi connectivity index (χ1n) is 5.68. The van der Waals surface area contributed by atoms with Crippen LogP contribution in [0.15, 0.2) is 18.2 Å². The Morgan fingerprint density at radius 3 is 2.81 bits per heavy atom. The van der Waals surface area contributed by atoms with Crippen LogP contribution in [0.4, 0.5) is 0 Å². The van der Waals surface area contributed by atoms with Crippen LogP contribution < -0.4 is 10.5 Å². The molecular formula is C13H20ClNO. The van der Waals surface area contributed by atoms with E-state index in [0.717, 1.165) is 25.2 Å². The summed E-state index contributed by atoms with van der Waals surface area (Å²) in [6, 6.07) is 6.51. The Bertz CT molecular complexity index is 352. The van der Waals surface area contributed by atoms with Crippen molar-refractivity contribution >= 4 is 12.4 Å². The SMILES string of the molecule is CC(C)CC(N)c1ccc2c(c1)CCO2.Cl. The van der Waals surface area contributed by atoms with E-state index in [1.807, 2.05) is 0 Å². The van der Waals surface area contributed by atoms with Gasteiger partial charge < -0.3 is 10.5 Å². The van der Waals surface area contributed by atoms with E-state index in [1.54, 1.807) is 0 Å². The summed E-state index contributed by atoms with van der Waals surface area (Å²) in [6.07, 6.45) is 2.07. The van der Waals surface area contributed by atoms with E-state index < -0.39 is 0 Å². The predicted molar refractivity (Wildman–Crippen MR) is 69.3 cm³/mol. The molecule has 0 saturated heterocycles. The summed E-state index contributed by atoms with van der Waals surface area (Å²) in [5.74, 6) is 1.68. The lowest BCUT2D eigenvalue weighted by Crippen LogP contribution is -2.12. The molecule has 1 aliphatic rings. The van der Waals surface area contributed by atoms with Crippen molar-refractivity contribution in [3.05, 3.63) is 29.3 Å². The number of hydrogen-bond acceptors (Lipinski definition) is 2. The molecule has 90 valence electrons. The molecule has 2 nitrogen and oxygen atoms in total. The predicted octanol–water partition coefficient (Wildman–Crippen LogP) is 3.09. The first kappa shape index (κ1) is 13.3. The maximum Gasteiger partial charge on any atom is 0.122 e. The van der Waals surface area contributed by atoms with Crippen molar-refractivity contribution in [2.75, 3.05) is 6.61 Å². The summed E-state index contributed by atoms with van der Waals surface area (Å²) in [7, 11) is 0. The molecule has 1 atom stereocenters. The van der Waals surface area contributed by atoms with Crippen molar-refractivity contribution in [1.29, 1.82) is 0 Å². The van der Waals surface area contributed by atoms with Gasteiger partial charge >= 0.3 is 0 Å². The molecule has 1 heterocycles. The molecule has 0 aromatic heterocycles. The Hall–Kier alpha value is -0.730. The second-order valence-corrected chi connectivity index (χ2v) is 4.70. The molecule has 0 spiro atoms. The monoisotopic (exact) mass is 241 g/mol. The molecule has 2 N–H and O–H groups in total. The van der Waals surface area contributed by atoms with E-state index >= 15 is 0 Å². The highest BCUT2D eigenvalue weighted by molar-refractivity contribution is 5.85. The van der Waals surface area contributed by atoms with Gasteiger partial charge in [-0.05, 0) is 29.5 Å². The number of rotatable bonds is 3. The third-order valence-corrected chi connectivity index (χ3v) is 2.87. The van der Waals surface area contributed by atoms with Crippen LogP contribution >= 0.6 is 12.4 Å². The third-order valence-electron chi connectivity index (χ3n) is 2.87. The smallest absolute Gasteiger partial charge is 0.122 e. The van der Waals surface area contributed by atoms with Gasteiger partial charge in [-0.15, -0.1) is 12.4 Å². The lowest BCUT2D eigenvalue weighted by molar-refractivity contribution is 0.356. The Kier molecular flexibility index (Phi) is 4.63. The van der Waals surface area contributed by atoms with Gasteiger partial charge in [0.25, 0.3) is 0 Å². The molecule has 2 rings (SSSR count). The van der Waals surface area contributed by atoms with E-state index in [4.69, 9.17) is 10.5 Å². The van der Waals surface area contributed by atoms with Gasteiger partial charge in [0, 0.05) is 12.5 Å². The molecule has 16 heavy (non-hydrogen) atoms. The lowest BCUT2D eigenvalue weighted by Gasteiger charge is -2.15. The highest BCUT2D eigenvalue weighted by atomic mass is 35.5. The number of benzene rings is 1. The fourth-order valence-corrected chi connectivity index (χ4v) is 2.08. The molecule has 0 fully saturated rings. The summed E-state index contributed by atoms with van der Waals surface area (Å²) in [5, 5.41) is 0. The molecule has 3 heteroatoms. The van der Waals surface area contributed by atoms with Crippen LogP contribution in [0.5, 0.6) is 5.75 Å². The second-order valence-electron chi connectivity index (χ2n) is 4.70. The van der Waals surface area contributed by atoms with Gasteiger partial charge in [0.05, 0.1) is 6.61 Å². The number of ether oxygens (including phenoxy) is 1. The van der Waals surface area contributed by atoms with E-state index in [9.17, 15) is 0 Å². The average Bonchev–Trinajstić information content (AvgIpc) is 2.62. The summed E-state index contributed by atoms with van der Waals surface area (Å²) in [5.41, 5.74) is 8.70. The van der Waals surface area contributed by atoms with Crippen molar-refractivity contribution in [3.8, 4) is 5.75 Å². The topological polar surface area (TPSA) is 35.2 Å². The maximum absolute atomic E-state index is 6.15. The number of fused-ring (bicyclic) bond motifs is 1. The summed E-state index contributed by atoms with van der Waals surface area (Å²) >= 11 is 0. The molecule has 1 unspecified atom stereocenters. The van der Waals surface area contributed by atoms with Gasteiger partial charge in [-0.3, -0.25) is 0 Å². The minimum absolute atomic E-state index is 0. The summed E-state index contributed by atoms with van der Waals surface area (Å²) in [4.78, 5) is 0. The molecule has 1 aromatic carbocycles. The van der Waals surface area contributed by atoms with E-state index in [2.05, 4.69) is 32.0 Å². The van der Waals surface area contributed by atoms with Crippen molar-refractivity contribution in [2.45, 2.75) is 32.7 Å². The van der Waals surface area contributed by atoms with Gasteiger partial charge in [0.15, 0.2) is 0 Å². The average molecular weight is 242 g/mol. The van der Waals surface area contributed by atoms with Gasteiger partial charge in [-0.2, -0.15) is 0 Å². The second kappa shape index (κ2) is 5.55. The van der Waals surface area contributed by atoms with Gasteiger partial charge in [0.2, 0.25) is 0 Å². The van der Waals surface area contributed by atoms with Crippen molar-refractivity contribution in [3.63, 3.8) is 0 Å². The Labute approximate surface area is 104 Å². The zero-order valence-electron chi connectivity index (χ0n) is 9.90. The fraction of sp³-hybridized carbons (Fsp3) is 0.538. The molecule has 0 amide bonds. The van der Waals surface area contributed by atoms with Crippen LogP contribution in [0, 0.1) is 5.92 Å². The van der Waals surface area contributed by atoms with E-state index in [0.29, 0.717) is 5.92 Å². The van der Waals surface area contributed by atoms with Crippen molar-refractivity contribution < 1.29 is 4.74 Å². The zero-order chi connectivity index (χ0) is 10.8. The molecule has 0 bridgehead atoms. The highest BCUT2D eigenvalue weighted by Gasteiger charge is 2.15. The lowest BCUT2D eigenvalue weighted by atomic mass is 9.96. The standard InChI is InChI=1S/C13H19NO.ClH/c1-9(2)7-12(14)10-3-4-13-11(8-10)5-6-15-13;/h3-4,8-9,12H,5-7,14H2,1-2H3;1H. The number of hydrogen-bond donors (Lipinski definition) is 1. The van der Waals surface area contributed by atoms with Gasteiger partial charge in [-0.1, -0.05) is 26.0 Å². The molecular weight excluding hydrogens is 222 g/mol. The summed E-state index contributed by atoms with van der Waals surface area (Å²) < 4.78 is 5.47. The van der Waals surface area contributed by atoms with Crippen LogP contribution in [0.25, 0.3) is 0 Å². The van der Waals surface area contributed by atoms with Crippen molar-refractivity contribution in [1.82, 2.24) is 0 Å². The Morgan fingerprint density at radius 2 is 2.12 bits per heavy atom. The van der Waals surface area contributed by atoms with Gasteiger partial charge in [-0.25, -0.2) is 0 Å². The first-order chi connectivity index (χ1) is 7.16. The van der Waals surface area contributed by atoms with E-state index in [1.165, 1.54) is 11.1 Å². The van der Waals surface area contributed by atoms with Crippen LogP contribution in [0.2, 0.25) is 0 Å².